The molecular weight excluding hydrogens is 276 g/mol. The van der Waals surface area contributed by atoms with Crippen molar-refractivity contribution in [2.75, 3.05) is 0 Å². The molecule has 0 aliphatic carbocycles. The minimum absolute atomic E-state index is 0.560. The fraction of sp³-hybridized carbons (Fsp3) is 0.385. The van der Waals surface area contributed by atoms with E-state index in [4.69, 9.17) is 8.94 Å². The standard InChI is InChI=1S/C13H14N4O2S/c1-8-7-20-13(15-8)12-16-11(19-17-12)5-3-4-10-14-6-9(2)18-10/h6-7H,3-5H2,1-2H3. The van der Waals surface area contributed by atoms with E-state index in [0.717, 1.165) is 35.2 Å². The molecule has 0 saturated carbocycles. The van der Waals surface area contributed by atoms with Crippen molar-refractivity contribution in [2.45, 2.75) is 33.1 Å². The number of thiazole rings is 1. The summed E-state index contributed by atoms with van der Waals surface area (Å²) >= 11 is 1.52. The molecule has 3 rings (SSSR count). The fourth-order valence-corrected chi connectivity index (χ4v) is 2.53. The number of rotatable bonds is 5. The Hall–Kier alpha value is -2.02. The Balaban J connectivity index is 1.57. The predicted molar refractivity (Wildman–Crippen MR) is 73.4 cm³/mol. The van der Waals surface area contributed by atoms with E-state index in [0.29, 0.717) is 18.1 Å². The van der Waals surface area contributed by atoms with Gasteiger partial charge in [0.15, 0.2) is 10.9 Å². The first-order valence-electron chi connectivity index (χ1n) is 6.37. The molecule has 0 unspecified atom stereocenters. The molecule has 20 heavy (non-hydrogen) atoms. The zero-order chi connectivity index (χ0) is 13.9. The lowest BCUT2D eigenvalue weighted by Crippen LogP contribution is -1.90. The van der Waals surface area contributed by atoms with Gasteiger partial charge in [-0.15, -0.1) is 11.3 Å². The summed E-state index contributed by atoms with van der Waals surface area (Å²) in [6.45, 7) is 3.83. The van der Waals surface area contributed by atoms with Crippen molar-refractivity contribution in [3.63, 3.8) is 0 Å². The first kappa shape index (κ1) is 13.0. The maximum Gasteiger partial charge on any atom is 0.231 e. The highest BCUT2D eigenvalue weighted by Gasteiger charge is 2.12. The Morgan fingerprint density at radius 3 is 2.70 bits per heavy atom. The van der Waals surface area contributed by atoms with E-state index >= 15 is 0 Å². The van der Waals surface area contributed by atoms with Crippen LogP contribution in [-0.2, 0) is 12.8 Å². The van der Waals surface area contributed by atoms with Crippen LogP contribution in [0.2, 0.25) is 0 Å². The van der Waals surface area contributed by atoms with Crippen LogP contribution < -0.4 is 0 Å². The van der Waals surface area contributed by atoms with Gasteiger partial charge in [0, 0.05) is 23.9 Å². The second kappa shape index (κ2) is 5.54. The van der Waals surface area contributed by atoms with Crippen molar-refractivity contribution in [2.24, 2.45) is 0 Å². The van der Waals surface area contributed by atoms with Crippen LogP contribution in [-0.4, -0.2) is 20.1 Å². The summed E-state index contributed by atoms with van der Waals surface area (Å²) < 4.78 is 10.6. The molecule has 0 fully saturated rings. The van der Waals surface area contributed by atoms with E-state index in [1.54, 1.807) is 6.20 Å². The van der Waals surface area contributed by atoms with Crippen LogP contribution in [0.1, 0.15) is 29.7 Å². The van der Waals surface area contributed by atoms with Crippen LogP contribution in [0.15, 0.2) is 20.5 Å². The molecule has 7 heteroatoms. The fourth-order valence-electron chi connectivity index (χ4n) is 1.81. The molecule has 0 radical (unpaired) electrons. The Morgan fingerprint density at radius 1 is 1.15 bits per heavy atom. The Morgan fingerprint density at radius 2 is 2.00 bits per heavy atom. The van der Waals surface area contributed by atoms with Crippen LogP contribution in [0.3, 0.4) is 0 Å². The number of hydrogen-bond donors (Lipinski definition) is 0. The third-order valence-electron chi connectivity index (χ3n) is 2.73. The molecule has 104 valence electrons. The van der Waals surface area contributed by atoms with E-state index in [2.05, 4.69) is 20.1 Å². The van der Waals surface area contributed by atoms with Gasteiger partial charge < -0.3 is 8.94 Å². The minimum atomic E-state index is 0.560. The van der Waals surface area contributed by atoms with Crippen molar-refractivity contribution in [1.29, 1.82) is 0 Å². The summed E-state index contributed by atoms with van der Waals surface area (Å²) in [5.74, 6) is 2.76. The molecule has 3 aromatic heterocycles. The Labute approximate surface area is 119 Å². The molecule has 0 saturated heterocycles. The van der Waals surface area contributed by atoms with Gasteiger partial charge in [-0.25, -0.2) is 9.97 Å². The van der Waals surface area contributed by atoms with Gasteiger partial charge in [0.1, 0.15) is 5.76 Å². The molecule has 3 heterocycles. The summed E-state index contributed by atoms with van der Waals surface area (Å²) in [7, 11) is 0. The average Bonchev–Trinajstić information content (AvgIpc) is 3.11. The molecule has 6 nitrogen and oxygen atoms in total. The van der Waals surface area contributed by atoms with Gasteiger partial charge in [-0.3, -0.25) is 0 Å². The molecule has 0 aromatic carbocycles. The van der Waals surface area contributed by atoms with Crippen molar-refractivity contribution in [3.05, 3.63) is 34.8 Å². The quantitative estimate of drug-likeness (QED) is 0.719. The monoisotopic (exact) mass is 290 g/mol. The van der Waals surface area contributed by atoms with Crippen molar-refractivity contribution >= 4 is 11.3 Å². The molecular formula is C13H14N4O2S. The lowest BCUT2D eigenvalue weighted by atomic mass is 10.2. The van der Waals surface area contributed by atoms with Gasteiger partial charge in [-0.05, 0) is 20.3 Å². The minimum Gasteiger partial charge on any atom is -0.446 e. The SMILES string of the molecule is Cc1csc(-c2noc(CCCc3ncc(C)o3)n2)n1. The lowest BCUT2D eigenvalue weighted by molar-refractivity contribution is 0.373. The van der Waals surface area contributed by atoms with Gasteiger partial charge in [-0.2, -0.15) is 4.98 Å². The third-order valence-corrected chi connectivity index (χ3v) is 3.68. The smallest absolute Gasteiger partial charge is 0.231 e. The molecule has 0 aliphatic rings. The Bertz CT molecular complexity index is 701. The van der Waals surface area contributed by atoms with Crippen LogP contribution in [0.5, 0.6) is 0 Å². The number of hydrogen-bond acceptors (Lipinski definition) is 7. The number of nitrogens with zero attached hydrogens (tertiary/aromatic N) is 4. The first-order chi connectivity index (χ1) is 9.70. The second-order valence-corrected chi connectivity index (χ2v) is 5.38. The van der Waals surface area contributed by atoms with E-state index in [1.807, 2.05) is 19.2 Å². The van der Waals surface area contributed by atoms with E-state index in [9.17, 15) is 0 Å². The molecule has 0 N–H and O–H groups in total. The third kappa shape index (κ3) is 2.93. The molecule has 0 bridgehead atoms. The summed E-state index contributed by atoms with van der Waals surface area (Å²) in [5, 5.41) is 6.71. The molecule has 3 aromatic rings. The van der Waals surface area contributed by atoms with Crippen molar-refractivity contribution in [1.82, 2.24) is 20.1 Å². The first-order valence-corrected chi connectivity index (χ1v) is 7.25. The normalized spacial score (nSPS) is 11.1. The largest absolute Gasteiger partial charge is 0.446 e. The number of aromatic nitrogens is 4. The summed E-state index contributed by atoms with van der Waals surface area (Å²) in [6.07, 6.45) is 4.06. The van der Waals surface area contributed by atoms with Crippen LogP contribution >= 0.6 is 11.3 Å². The predicted octanol–water partition coefficient (Wildman–Crippen LogP) is 2.97. The molecule has 0 amide bonds. The van der Waals surface area contributed by atoms with Crippen molar-refractivity contribution < 1.29 is 8.94 Å². The highest BCUT2D eigenvalue weighted by atomic mass is 32.1. The molecule has 0 spiro atoms. The molecule has 0 atom stereocenters. The number of aryl methyl sites for hydroxylation is 4. The van der Waals surface area contributed by atoms with Crippen molar-refractivity contribution in [3.8, 4) is 10.8 Å². The van der Waals surface area contributed by atoms with Gasteiger partial charge in [0.05, 0.1) is 6.20 Å². The highest BCUT2D eigenvalue weighted by molar-refractivity contribution is 7.13. The van der Waals surface area contributed by atoms with E-state index in [-0.39, 0.29) is 0 Å². The van der Waals surface area contributed by atoms with Gasteiger partial charge >= 0.3 is 0 Å². The summed E-state index contributed by atoms with van der Waals surface area (Å²) in [4.78, 5) is 12.8. The highest BCUT2D eigenvalue weighted by Crippen LogP contribution is 2.20. The Kier molecular flexibility index (Phi) is 3.60. The summed E-state index contributed by atoms with van der Waals surface area (Å²) in [6, 6.07) is 0. The average molecular weight is 290 g/mol. The van der Waals surface area contributed by atoms with Crippen LogP contribution in [0.4, 0.5) is 0 Å². The maximum atomic E-state index is 5.41. The summed E-state index contributed by atoms with van der Waals surface area (Å²) in [5.41, 5.74) is 0.968. The topological polar surface area (TPSA) is 77.8 Å². The van der Waals surface area contributed by atoms with Crippen LogP contribution in [0.25, 0.3) is 10.8 Å². The van der Waals surface area contributed by atoms with E-state index in [1.165, 1.54) is 11.3 Å². The maximum absolute atomic E-state index is 5.41. The lowest BCUT2D eigenvalue weighted by Gasteiger charge is -1.92. The zero-order valence-corrected chi connectivity index (χ0v) is 12.1. The second-order valence-electron chi connectivity index (χ2n) is 4.52. The van der Waals surface area contributed by atoms with E-state index < -0.39 is 0 Å². The molecule has 0 aliphatic heterocycles. The van der Waals surface area contributed by atoms with Gasteiger partial charge in [0.2, 0.25) is 11.7 Å². The number of oxazole rings is 1. The van der Waals surface area contributed by atoms with Crippen LogP contribution in [0, 0.1) is 13.8 Å². The van der Waals surface area contributed by atoms with Gasteiger partial charge in [0.25, 0.3) is 0 Å². The van der Waals surface area contributed by atoms with Gasteiger partial charge in [-0.1, -0.05) is 5.16 Å². The zero-order valence-electron chi connectivity index (χ0n) is 11.3.